The molecule has 0 fully saturated rings. The van der Waals surface area contributed by atoms with Gasteiger partial charge in [0.05, 0.1) is 0 Å². The zero-order valence-electron chi connectivity index (χ0n) is 9.11. The first kappa shape index (κ1) is 14.1. The van der Waals surface area contributed by atoms with E-state index in [1.165, 1.54) is 12.2 Å². The van der Waals surface area contributed by atoms with Gasteiger partial charge < -0.3 is 9.47 Å². The number of carbonyl (C=O) groups is 2. The highest BCUT2D eigenvalue weighted by Gasteiger charge is 2.16. The number of carbonyl (C=O) groups excluding carboxylic acids is 2. The minimum atomic E-state index is -4.26. The Morgan fingerprint density at radius 2 is 1.61 bits per heavy atom. The summed E-state index contributed by atoms with van der Waals surface area (Å²) < 4.78 is 37.5. The van der Waals surface area contributed by atoms with Crippen molar-refractivity contribution in [2.75, 3.05) is 0 Å². The molecule has 0 aromatic rings. The molecule has 0 bridgehead atoms. The first-order chi connectivity index (χ1) is 8.39. The molecule has 0 aromatic carbocycles. The van der Waals surface area contributed by atoms with E-state index in [0.29, 0.717) is 12.8 Å². The van der Waals surface area contributed by atoms with E-state index in [2.05, 4.69) is 9.47 Å². The monoisotopic (exact) mass is 274 g/mol. The number of allylic oxidation sites excluding steroid dienone is 2. The highest BCUT2D eigenvalue weighted by atomic mass is 32.2. The molecule has 18 heavy (non-hydrogen) atoms. The van der Waals surface area contributed by atoms with E-state index in [-0.39, 0.29) is 11.6 Å². The average molecular weight is 274 g/mol. The molecule has 0 unspecified atom stereocenters. The lowest BCUT2D eigenvalue weighted by atomic mass is 10.1. The van der Waals surface area contributed by atoms with Crippen molar-refractivity contribution < 1.29 is 32.0 Å². The summed E-state index contributed by atoms with van der Waals surface area (Å²) in [5.41, 5.74) is 0. The van der Waals surface area contributed by atoms with Gasteiger partial charge in [-0.25, -0.2) is 0 Å². The molecule has 0 saturated carbocycles. The molecule has 2 aliphatic rings. The fourth-order valence-corrected chi connectivity index (χ4v) is 1.32. The Kier molecular flexibility index (Phi) is 4.81. The van der Waals surface area contributed by atoms with Crippen LogP contribution in [0.2, 0.25) is 0 Å². The number of ketones is 2. The molecule has 1 aliphatic carbocycles. The van der Waals surface area contributed by atoms with Crippen LogP contribution in [0.4, 0.5) is 0 Å². The maximum atomic E-state index is 10.4. The summed E-state index contributed by atoms with van der Waals surface area (Å²) in [5, 5.41) is -0.616. The van der Waals surface area contributed by atoms with Gasteiger partial charge in [0.2, 0.25) is 0 Å². The SMILES string of the molecule is O=C1C=CC(=O)CC1.O=S(=O)(O)C1=COC=CO1. The summed E-state index contributed by atoms with van der Waals surface area (Å²) >= 11 is 0. The first-order valence-corrected chi connectivity index (χ1v) is 6.22. The number of rotatable bonds is 1. The van der Waals surface area contributed by atoms with E-state index in [0.717, 1.165) is 18.8 Å². The second kappa shape index (κ2) is 6.12. The smallest absolute Gasteiger partial charge is 0.331 e. The van der Waals surface area contributed by atoms with E-state index in [1.54, 1.807) is 0 Å². The van der Waals surface area contributed by atoms with Gasteiger partial charge >= 0.3 is 10.1 Å². The summed E-state index contributed by atoms with van der Waals surface area (Å²) in [6.07, 6.45) is 6.40. The Hall–Kier alpha value is -1.93. The van der Waals surface area contributed by atoms with Gasteiger partial charge in [-0.15, -0.1) is 0 Å². The predicted molar refractivity (Wildman–Crippen MR) is 59.3 cm³/mol. The molecule has 1 aliphatic heterocycles. The van der Waals surface area contributed by atoms with Crippen LogP contribution < -0.4 is 0 Å². The van der Waals surface area contributed by atoms with Gasteiger partial charge in [-0.05, 0) is 12.2 Å². The van der Waals surface area contributed by atoms with Gasteiger partial charge in [0.15, 0.2) is 11.6 Å². The summed E-state index contributed by atoms with van der Waals surface area (Å²) in [4.78, 5) is 20.7. The van der Waals surface area contributed by atoms with Gasteiger partial charge in [-0.3, -0.25) is 14.1 Å². The summed E-state index contributed by atoms with van der Waals surface area (Å²) in [6, 6.07) is 0. The highest BCUT2D eigenvalue weighted by Crippen LogP contribution is 2.10. The van der Waals surface area contributed by atoms with Crippen LogP contribution in [0, 0.1) is 0 Å². The zero-order valence-corrected chi connectivity index (χ0v) is 9.92. The lowest BCUT2D eigenvalue weighted by Gasteiger charge is -2.04. The molecule has 0 aromatic heterocycles. The van der Waals surface area contributed by atoms with Crippen LogP contribution in [0.5, 0.6) is 0 Å². The third-order valence-electron chi connectivity index (χ3n) is 1.81. The first-order valence-electron chi connectivity index (χ1n) is 4.78. The Morgan fingerprint density at radius 3 is 1.89 bits per heavy atom. The van der Waals surface area contributed by atoms with Crippen LogP contribution >= 0.6 is 0 Å². The number of hydrogen-bond donors (Lipinski definition) is 1. The Bertz CT molecular complexity index is 506. The molecule has 2 rings (SSSR count). The van der Waals surface area contributed by atoms with Crippen molar-refractivity contribution in [3.8, 4) is 0 Å². The van der Waals surface area contributed by atoms with Crippen LogP contribution in [0.15, 0.2) is 36.0 Å². The highest BCUT2D eigenvalue weighted by molar-refractivity contribution is 7.89. The van der Waals surface area contributed by atoms with E-state index >= 15 is 0 Å². The molecule has 1 heterocycles. The second-order valence-electron chi connectivity index (χ2n) is 3.20. The molecule has 0 amide bonds. The third kappa shape index (κ3) is 4.93. The van der Waals surface area contributed by atoms with Gasteiger partial charge in [-0.2, -0.15) is 8.42 Å². The van der Waals surface area contributed by atoms with E-state index in [4.69, 9.17) is 4.55 Å². The maximum Gasteiger partial charge on any atom is 0.331 e. The predicted octanol–water partition coefficient (Wildman–Crippen LogP) is 0.666. The van der Waals surface area contributed by atoms with Crippen molar-refractivity contribution in [2.24, 2.45) is 0 Å². The fourth-order valence-electron chi connectivity index (χ4n) is 0.970. The Labute approximate surface area is 103 Å². The second-order valence-corrected chi connectivity index (χ2v) is 4.56. The lowest BCUT2D eigenvalue weighted by Crippen LogP contribution is -2.05. The average Bonchev–Trinajstić information content (AvgIpc) is 2.34. The molecular formula is C10H10O7S. The molecular weight excluding hydrogens is 264 g/mol. The third-order valence-corrected chi connectivity index (χ3v) is 2.51. The van der Waals surface area contributed by atoms with E-state index in [9.17, 15) is 18.0 Å². The van der Waals surface area contributed by atoms with Crippen molar-refractivity contribution in [1.82, 2.24) is 0 Å². The minimum absolute atomic E-state index is 0.0598. The number of hydrogen-bond acceptors (Lipinski definition) is 6. The fraction of sp³-hybridized carbons (Fsp3) is 0.200. The van der Waals surface area contributed by atoms with Crippen LogP contribution in [-0.2, 0) is 29.2 Å². The molecule has 1 N–H and O–H groups in total. The molecule has 7 nitrogen and oxygen atoms in total. The quantitative estimate of drug-likeness (QED) is 0.700. The molecule has 0 atom stereocenters. The zero-order chi connectivity index (χ0) is 13.6. The summed E-state index contributed by atoms with van der Waals surface area (Å²) in [7, 11) is -4.26. The van der Waals surface area contributed by atoms with Crippen molar-refractivity contribution in [3.05, 3.63) is 36.0 Å². The van der Waals surface area contributed by atoms with Gasteiger partial charge in [0.25, 0.3) is 5.09 Å². The number of ether oxygens (including phenoxy) is 2. The van der Waals surface area contributed by atoms with Crippen LogP contribution in [0.1, 0.15) is 12.8 Å². The Morgan fingerprint density at radius 1 is 1.06 bits per heavy atom. The molecule has 98 valence electrons. The van der Waals surface area contributed by atoms with Crippen LogP contribution in [0.25, 0.3) is 0 Å². The molecule has 0 radical (unpaired) electrons. The lowest BCUT2D eigenvalue weighted by molar-refractivity contribution is -0.121. The van der Waals surface area contributed by atoms with E-state index in [1.807, 2.05) is 0 Å². The van der Waals surface area contributed by atoms with Crippen molar-refractivity contribution in [1.29, 1.82) is 0 Å². The van der Waals surface area contributed by atoms with Crippen LogP contribution in [0.3, 0.4) is 0 Å². The standard InChI is InChI=1S/C6H6O2.C4H4O5S/c7-5-1-2-6(8)4-3-5;5-10(6,7)4-3-8-1-2-9-4/h1-2H,3-4H2;1-3H,(H,5,6,7). The van der Waals surface area contributed by atoms with Gasteiger partial charge in [0.1, 0.15) is 18.8 Å². The maximum absolute atomic E-state index is 10.4. The largest absolute Gasteiger partial charge is 0.465 e. The summed E-state index contributed by atoms with van der Waals surface area (Å²) in [6.45, 7) is 0. The van der Waals surface area contributed by atoms with Crippen molar-refractivity contribution in [2.45, 2.75) is 12.8 Å². The van der Waals surface area contributed by atoms with Crippen LogP contribution in [-0.4, -0.2) is 24.5 Å². The van der Waals surface area contributed by atoms with Gasteiger partial charge in [-0.1, -0.05) is 0 Å². The Balaban J connectivity index is 0.000000184. The van der Waals surface area contributed by atoms with E-state index < -0.39 is 15.2 Å². The van der Waals surface area contributed by atoms with Crippen molar-refractivity contribution in [3.63, 3.8) is 0 Å². The summed E-state index contributed by atoms with van der Waals surface area (Å²) in [5.74, 6) is 0.120. The van der Waals surface area contributed by atoms with Crippen molar-refractivity contribution >= 4 is 21.7 Å². The molecule has 8 heteroatoms. The molecule has 0 saturated heterocycles. The molecule has 0 spiro atoms. The minimum Gasteiger partial charge on any atom is -0.465 e. The van der Waals surface area contributed by atoms with Gasteiger partial charge in [0, 0.05) is 12.8 Å². The normalized spacial score (nSPS) is 18.2. The topological polar surface area (TPSA) is 107 Å².